The van der Waals surface area contributed by atoms with Gasteiger partial charge in [0.05, 0.1) is 0 Å². The van der Waals surface area contributed by atoms with E-state index in [1.165, 1.54) is 16.5 Å². The Balaban J connectivity index is 1.67. The Morgan fingerprint density at radius 1 is 1.07 bits per heavy atom. The number of hydrogen-bond donors (Lipinski definition) is 1. The summed E-state index contributed by atoms with van der Waals surface area (Å²) in [5.41, 5.74) is 4.64. The van der Waals surface area contributed by atoms with Gasteiger partial charge in [-0.3, -0.25) is 9.69 Å². The van der Waals surface area contributed by atoms with Crippen LogP contribution in [-0.4, -0.2) is 28.5 Å². The summed E-state index contributed by atoms with van der Waals surface area (Å²) in [6, 6.07) is 19.1. The van der Waals surface area contributed by atoms with Crippen LogP contribution in [0.3, 0.4) is 0 Å². The van der Waals surface area contributed by atoms with Crippen LogP contribution in [0.4, 0.5) is 0 Å². The number of nitrogens with zero attached hydrogens (tertiary/aromatic N) is 2. The highest BCUT2D eigenvalue weighted by Crippen LogP contribution is 2.19. The van der Waals surface area contributed by atoms with Crippen molar-refractivity contribution in [3.63, 3.8) is 0 Å². The number of nitrogens with one attached hydrogen (secondary N) is 1. The van der Waals surface area contributed by atoms with Gasteiger partial charge in [0.2, 0.25) is 5.91 Å². The van der Waals surface area contributed by atoms with Gasteiger partial charge < -0.3 is 9.88 Å². The SMILES string of the molecule is Cc1cc2ccccc2n1CC(=O)NCc1ccccc1CN(C)C(C)C. The normalized spacial score (nSPS) is 11.5. The molecule has 0 aliphatic heterocycles. The number of fused-ring (bicyclic) bond motifs is 1. The predicted molar refractivity (Wildman–Crippen MR) is 112 cm³/mol. The molecule has 3 rings (SSSR count). The Morgan fingerprint density at radius 2 is 1.74 bits per heavy atom. The molecule has 0 saturated heterocycles. The van der Waals surface area contributed by atoms with Crippen molar-refractivity contribution in [2.45, 2.75) is 46.4 Å². The van der Waals surface area contributed by atoms with Crippen molar-refractivity contribution in [1.82, 2.24) is 14.8 Å². The molecular formula is C23H29N3O. The number of amides is 1. The Morgan fingerprint density at radius 3 is 2.48 bits per heavy atom. The van der Waals surface area contributed by atoms with Gasteiger partial charge in [-0.2, -0.15) is 0 Å². The van der Waals surface area contributed by atoms with Crippen molar-refractivity contribution in [3.8, 4) is 0 Å². The molecule has 0 bridgehead atoms. The maximum Gasteiger partial charge on any atom is 0.240 e. The largest absolute Gasteiger partial charge is 0.350 e. The molecule has 4 heteroatoms. The molecule has 1 N–H and O–H groups in total. The summed E-state index contributed by atoms with van der Waals surface area (Å²) in [7, 11) is 2.12. The van der Waals surface area contributed by atoms with E-state index in [2.05, 4.69) is 72.1 Å². The van der Waals surface area contributed by atoms with E-state index in [0.717, 1.165) is 17.8 Å². The van der Waals surface area contributed by atoms with Crippen molar-refractivity contribution in [2.75, 3.05) is 7.05 Å². The first kappa shape index (κ1) is 19.2. The highest BCUT2D eigenvalue weighted by Gasteiger charge is 2.11. The zero-order valence-corrected chi connectivity index (χ0v) is 16.7. The average molecular weight is 364 g/mol. The number of carbonyl (C=O) groups is 1. The number of benzene rings is 2. The second-order valence-electron chi connectivity index (χ2n) is 7.48. The Kier molecular flexibility index (Phi) is 5.97. The summed E-state index contributed by atoms with van der Waals surface area (Å²) < 4.78 is 2.07. The molecule has 2 aromatic carbocycles. The lowest BCUT2D eigenvalue weighted by Crippen LogP contribution is -2.29. The second kappa shape index (κ2) is 8.40. The molecule has 1 amide bonds. The van der Waals surface area contributed by atoms with Crippen LogP contribution in [-0.2, 0) is 24.4 Å². The van der Waals surface area contributed by atoms with Crippen molar-refractivity contribution >= 4 is 16.8 Å². The fraction of sp³-hybridized carbons (Fsp3) is 0.348. The van der Waals surface area contributed by atoms with Crippen LogP contribution in [0.5, 0.6) is 0 Å². The molecule has 0 unspecified atom stereocenters. The van der Waals surface area contributed by atoms with Gasteiger partial charge in [-0.25, -0.2) is 0 Å². The van der Waals surface area contributed by atoms with Crippen LogP contribution < -0.4 is 5.32 Å². The van der Waals surface area contributed by atoms with Gasteiger partial charge in [-0.05, 0) is 56.5 Å². The Labute approximate surface area is 161 Å². The zero-order valence-electron chi connectivity index (χ0n) is 16.7. The van der Waals surface area contributed by atoms with E-state index in [9.17, 15) is 4.79 Å². The Bertz CT molecular complexity index is 926. The maximum atomic E-state index is 12.6. The Hall–Kier alpha value is -2.59. The van der Waals surface area contributed by atoms with Gasteiger partial charge in [0.1, 0.15) is 6.54 Å². The third-order valence-electron chi connectivity index (χ3n) is 5.22. The molecule has 0 radical (unpaired) electrons. The van der Waals surface area contributed by atoms with Crippen molar-refractivity contribution < 1.29 is 4.79 Å². The first-order valence-electron chi connectivity index (χ1n) is 9.54. The lowest BCUT2D eigenvalue weighted by Gasteiger charge is -2.22. The van der Waals surface area contributed by atoms with E-state index in [1.807, 2.05) is 25.1 Å². The summed E-state index contributed by atoms with van der Waals surface area (Å²) >= 11 is 0. The molecule has 0 atom stereocenters. The molecule has 0 aliphatic rings. The highest BCUT2D eigenvalue weighted by atomic mass is 16.1. The minimum atomic E-state index is 0.0338. The summed E-state index contributed by atoms with van der Waals surface area (Å²) in [4.78, 5) is 14.9. The number of hydrogen-bond acceptors (Lipinski definition) is 2. The van der Waals surface area contributed by atoms with Gasteiger partial charge in [0.25, 0.3) is 0 Å². The van der Waals surface area contributed by atoms with Gasteiger partial charge >= 0.3 is 0 Å². The van der Waals surface area contributed by atoms with E-state index < -0.39 is 0 Å². The van der Waals surface area contributed by atoms with E-state index >= 15 is 0 Å². The van der Waals surface area contributed by atoms with Gasteiger partial charge in [0, 0.05) is 30.3 Å². The molecule has 0 fully saturated rings. The zero-order chi connectivity index (χ0) is 19.4. The van der Waals surface area contributed by atoms with E-state index in [-0.39, 0.29) is 5.91 Å². The molecule has 27 heavy (non-hydrogen) atoms. The summed E-state index contributed by atoms with van der Waals surface area (Å²) in [6.07, 6.45) is 0. The molecule has 3 aromatic rings. The van der Waals surface area contributed by atoms with Crippen molar-refractivity contribution in [1.29, 1.82) is 0 Å². The van der Waals surface area contributed by atoms with Crippen LogP contribution in [0.1, 0.15) is 30.7 Å². The fourth-order valence-corrected chi connectivity index (χ4v) is 3.29. The number of aryl methyl sites for hydroxylation is 1. The topological polar surface area (TPSA) is 37.3 Å². The highest BCUT2D eigenvalue weighted by molar-refractivity contribution is 5.84. The lowest BCUT2D eigenvalue weighted by atomic mass is 10.1. The molecule has 0 spiro atoms. The molecule has 1 heterocycles. The van der Waals surface area contributed by atoms with Gasteiger partial charge in [-0.15, -0.1) is 0 Å². The first-order valence-corrected chi connectivity index (χ1v) is 9.54. The molecular weight excluding hydrogens is 334 g/mol. The van der Waals surface area contributed by atoms with Crippen LogP contribution in [0.15, 0.2) is 54.6 Å². The second-order valence-corrected chi connectivity index (χ2v) is 7.48. The molecule has 4 nitrogen and oxygen atoms in total. The predicted octanol–water partition coefficient (Wildman–Crippen LogP) is 4.11. The molecule has 0 aliphatic carbocycles. The third kappa shape index (κ3) is 4.58. The average Bonchev–Trinajstić information content (AvgIpc) is 2.96. The fourth-order valence-electron chi connectivity index (χ4n) is 3.29. The molecule has 142 valence electrons. The summed E-state index contributed by atoms with van der Waals surface area (Å²) in [5.74, 6) is 0.0338. The number of rotatable bonds is 7. The quantitative estimate of drug-likeness (QED) is 0.686. The van der Waals surface area contributed by atoms with Crippen LogP contribution >= 0.6 is 0 Å². The van der Waals surface area contributed by atoms with E-state index in [0.29, 0.717) is 19.1 Å². The van der Waals surface area contributed by atoms with E-state index in [4.69, 9.17) is 0 Å². The lowest BCUT2D eigenvalue weighted by molar-refractivity contribution is -0.121. The minimum Gasteiger partial charge on any atom is -0.350 e. The van der Waals surface area contributed by atoms with Gasteiger partial charge in [0.15, 0.2) is 0 Å². The van der Waals surface area contributed by atoms with Crippen LogP contribution in [0.2, 0.25) is 0 Å². The maximum absolute atomic E-state index is 12.6. The van der Waals surface area contributed by atoms with Gasteiger partial charge in [-0.1, -0.05) is 42.5 Å². The third-order valence-corrected chi connectivity index (χ3v) is 5.22. The molecule has 1 aromatic heterocycles. The monoisotopic (exact) mass is 363 g/mol. The summed E-state index contributed by atoms with van der Waals surface area (Å²) in [5, 5.41) is 4.26. The van der Waals surface area contributed by atoms with E-state index in [1.54, 1.807) is 0 Å². The van der Waals surface area contributed by atoms with Crippen molar-refractivity contribution in [2.24, 2.45) is 0 Å². The van der Waals surface area contributed by atoms with Crippen molar-refractivity contribution in [3.05, 3.63) is 71.4 Å². The number of carbonyl (C=O) groups excluding carboxylic acids is 1. The number of para-hydroxylation sites is 1. The van der Waals surface area contributed by atoms with Crippen LogP contribution in [0, 0.1) is 6.92 Å². The standard InChI is InChI=1S/C23H29N3O/c1-17(2)25(4)15-21-11-6-5-10-20(21)14-24-23(27)16-26-18(3)13-19-9-7-8-12-22(19)26/h5-13,17H,14-16H2,1-4H3,(H,24,27). The summed E-state index contributed by atoms with van der Waals surface area (Å²) in [6.45, 7) is 8.20. The first-order chi connectivity index (χ1) is 13.0. The molecule has 0 saturated carbocycles. The van der Waals surface area contributed by atoms with Crippen LogP contribution in [0.25, 0.3) is 10.9 Å². The number of aromatic nitrogens is 1. The minimum absolute atomic E-state index is 0.0338. The smallest absolute Gasteiger partial charge is 0.240 e.